The zero-order valence-corrected chi connectivity index (χ0v) is 28.9. The maximum Gasteiger partial charge on any atom is 0.408 e. The fourth-order valence-corrected chi connectivity index (χ4v) is 5.35. The van der Waals surface area contributed by atoms with Crippen LogP contribution < -0.4 is 27.0 Å². The van der Waals surface area contributed by atoms with Gasteiger partial charge in [-0.25, -0.2) is 4.79 Å². The van der Waals surface area contributed by atoms with Crippen LogP contribution in [0.15, 0.2) is 84.9 Å². The summed E-state index contributed by atoms with van der Waals surface area (Å²) < 4.78 is 5.37. The molecule has 3 aromatic carbocycles. The van der Waals surface area contributed by atoms with Gasteiger partial charge in [0.2, 0.25) is 17.7 Å². The summed E-state index contributed by atoms with van der Waals surface area (Å²) in [4.78, 5) is 52.9. The Labute approximate surface area is 289 Å². The number of hydrogen-bond donors (Lipinski definition) is 6. The van der Waals surface area contributed by atoms with Gasteiger partial charge in [0.25, 0.3) is 0 Å². The quantitative estimate of drug-likeness (QED) is 0.111. The van der Waals surface area contributed by atoms with Gasteiger partial charge >= 0.3 is 6.09 Å². The summed E-state index contributed by atoms with van der Waals surface area (Å²) in [6, 6.07) is 23.0. The maximum absolute atomic E-state index is 13.7. The minimum atomic E-state index is -1.15. The van der Waals surface area contributed by atoms with E-state index in [4.69, 9.17) is 10.5 Å². The van der Waals surface area contributed by atoms with Crippen molar-refractivity contribution in [1.29, 1.82) is 0 Å². The third kappa shape index (κ3) is 14.0. The van der Waals surface area contributed by atoms with Crippen molar-refractivity contribution in [3.63, 3.8) is 0 Å². The summed E-state index contributed by atoms with van der Waals surface area (Å²) in [5.41, 5.74) is 9.04. The van der Waals surface area contributed by atoms with Crippen molar-refractivity contribution >= 4 is 29.5 Å². The van der Waals surface area contributed by atoms with Crippen molar-refractivity contribution in [3.8, 4) is 0 Å². The zero-order chi connectivity index (χ0) is 35.8. The van der Waals surface area contributed by atoms with Crippen molar-refractivity contribution in [2.45, 2.75) is 84.2 Å². The van der Waals surface area contributed by atoms with Crippen molar-refractivity contribution < 1.29 is 29.0 Å². The standard InChI is InChI=1S/C38H51N5O6/c1-25(2)20-31(33(44)23-34(45)40-19-18-27-12-7-5-8-13-27)41-37(47)35(26(3)4)43-36(46)32(22-29-16-11-17-30(39)21-29)42-38(48)49-24-28-14-9-6-10-15-28/h5-17,21,25-26,31-33,35,44H,18-20,22-24,39H2,1-4H3,(H,40,45)(H,41,47)(H,42,48)(H,43,46)/t31-,32-,33-,35-/m0/s1. The van der Waals surface area contributed by atoms with Crippen molar-refractivity contribution in [3.05, 3.63) is 102 Å². The van der Waals surface area contributed by atoms with E-state index in [2.05, 4.69) is 21.3 Å². The van der Waals surface area contributed by atoms with Gasteiger partial charge in [0.05, 0.1) is 18.6 Å². The Bertz CT molecular complexity index is 1480. The van der Waals surface area contributed by atoms with Gasteiger partial charge < -0.3 is 36.8 Å². The molecule has 4 atom stereocenters. The number of rotatable bonds is 18. The Morgan fingerprint density at radius 1 is 0.776 bits per heavy atom. The molecule has 3 rings (SSSR count). The van der Waals surface area contributed by atoms with Crippen LogP contribution in [-0.2, 0) is 38.6 Å². The normalized spacial score (nSPS) is 13.5. The number of aliphatic hydroxyl groups excluding tert-OH is 1. The van der Waals surface area contributed by atoms with Crippen molar-refractivity contribution in [2.75, 3.05) is 12.3 Å². The average Bonchev–Trinajstić information content (AvgIpc) is 3.06. The topological polar surface area (TPSA) is 172 Å². The number of nitrogen functional groups attached to an aromatic ring is 1. The number of amides is 4. The Balaban J connectivity index is 1.66. The molecule has 0 aliphatic carbocycles. The molecular formula is C38H51N5O6. The van der Waals surface area contributed by atoms with Crippen LogP contribution in [0.5, 0.6) is 0 Å². The van der Waals surface area contributed by atoms with E-state index in [1.807, 2.05) is 74.5 Å². The average molecular weight is 674 g/mol. The third-order valence-electron chi connectivity index (χ3n) is 7.95. The monoisotopic (exact) mass is 673 g/mol. The molecule has 49 heavy (non-hydrogen) atoms. The lowest BCUT2D eigenvalue weighted by Crippen LogP contribution is -2.58. The molecule has 11 nitrogen and oxygen atoms in total. The predicted molar refractivity (Wildman–Crippen MR) is 190 cm³/mol. The van der Waals surface area contributed by atoms with Gasteiger partial charge in [-0.2, -0.15) is 0 Å². The molecule has 0 unspecified atom stereocenters. The van der Waals surface area contributed by atoms with E-state index in [0.717, 1.165) is 11.1 Å². The third-order valence-corrected chi connectivity index (χ3v) is 7.95. The number of anilines is 1. The predicted octanol–water partition coefficient (Wildman–Crippen LogP) is 3.89. The first-order valence-electron chi connectivity index (χ1n) is 16.8. The first-order valence-corrected chi connectivity index (χ1v) is 16.8. The van der Waals surface area contributed by atoms with E-state index < -0.39 is 42.1 Å². The van der Waals surface area contributed by atoms with E-state index in [1.54, 1.807) is 38.1 Å². The Kier molecular flexibility index (Phi) is 15.6. The van der Waals surface area contributed by atoms with Gasteiger partial charge in [0.1, 0.15) is 18.7 Å². The molecule has 0 saturated carbocycles. The summed E-state index contributed by atoms with van der Waals surface area (Å²) in [5.74, 6) is -1.67. The second-order valence-electron chi connectivity index (χ2n) is 13.0. The van der Waals surface area contributed by atoms with E-state index >= 15 is 0 Å². The number of carbonyl (C=O) groups excluding carboxylic acids is 4. The first-order chi connectivity index (χ1) is 23.4. The van der Waals surface area contributed by atoms with Crippen LogP contribution in [0.2, 0.25) is 0 Å². The van der Waals surface area contributed by atoms with Crippen LogP contribution in [0, 0.1) is 11.8 Å². The molecule has 0 aliphatic rings. The molecule has 264 valence electrons. The lowest BCUT2D eigenvalue weighted by Gasteiger charge is -2.30. The Morgan fingerprint density at radius 3 is 2.02 bits per heavy atom. The van der Waals surface area contributed by atoms with Crippen LogP contribution >= 0.6 is 0 Å². The number of benzene rings is 3. The molecule has 0 radical (unpaired) electrons. The fourth-order valence-electron chi connectivity index (χ4n) is 5.35. The number of carbonyl (C=O) groups is 4. The van der Waals surface area contributed by atoms with Gasteiger partial charge in [0.15, 0.2) is 0 Å². The highest BCUT2D eigenvalue weighted by Crippen LogP contribution is 2.14. The van der Waals surface area contributed by atoms with E-state index in [1.165, 1.54) is 0 Å². The number of aliphatic hydroxyl groups is 1. The largest absolute Gasteiger partial charge is 0.445 e. The van der Waals surface area contributed by atoms with Crippen molar-refractivity contribution in [1.82, 2.24) is 21.3 Å². The molecule has 3 aromatic rings. The van der Waals surface area contributed by atoms with Crippen LogP contribution in [-0.4, -0.2) is 59.7 Å². The molecule has 0 fully saturated rings. The molecule has 0 aliphatic heterocycles. The van der Waals surface area contributed by atoms with Crippen molar-refractivity contribution in [2.24, 2.45) is 11.8 Å². The smallest absolute Gasteiger partial charge is 0.408 e. The summed E-state index contributed by atoms with van der Waals surface area (Å²) in [7, 11) is 0. The lowest BCUT2D eigenvalue weighted by atomic mass is 9.95. The van der Waals surface area contributed by atoms with Crippen LogP contribution in [0.4, 0.5) is 10.5 Å². The second kappa shape index (κ2) is 19.8. The molecule has 0 bridgehead atoms. The van der Waals surface area contributed by atoms with Gasteiger partial charge in [-0.15, -0.1) is 0 Å². The molecule has 11 heteroatoms. The first kappa shape index (κ1) is 38.5. The number of nitrogens with one attached hydrogen (secondary N) is 4. The van der Waals surface area contributed by atoms with Gasteiger partial charge in [-0.05, 0) is 53.5 Å². The summed E-state index contributed by atoms with van der Waals surface area (Å²) in [6.07, 6.45) is -0.969. The summed E-state index contributed by atoms with van der Waals surface area (Å²) >= 11 is 0. The highest BCUT2D eigenvalue weighted by molar-refractivity contribution is 5.91. The van der Waals surface area contributed by atoms with Crippen LogP contribution in [0.1, 0.15) is 57.2 Å². The van der Waals surface area contributed by atoms with Gasteiger partial charge in [-0.3, -0.25) is 14.4 Å². The Morgan fingerprint density at radius 2 is 1.41 bits per heavy atom. The lowest BCUT2D eigenvalue weighted by molar-refractivity contribution is -0.132. The number of hydrogen-bond acceptors (Lipinski definition) is 7. The molecule has 0 spiro atoms. The SMILES string of the molecule is CC(C)C[C@H](NC(=O)[C@@H](NC(=O)[C@H](Cc1cccc(N)c1)NC(=O)OCc1ccccc1)C(C)C)[C@@H](O)CC(=O)NCCc1ccccc1. The molecule has 0 heterocycles. The minimum absolute atomic E-state index is 0.0148. The Hall–Kier alpha value is -4.90. The number of alkyl carbamates (subject to hydrolysis) is 1. The molecule has 0 saturated heterocycles. The molecular weight excluding hydrogens is 622 g/mol. The second-order valence-corrected chi connectivity index (χ2v) is 13.0. The molecule has 4 amide bonds. The highest BCUT2D eigenvalue weighted by atomic mass is 16.5. The van der Waals surface area contributed by atoms with Crippen LogP contribution in [0.25, 0.3) is 0 Å². The number of ether oxygens (including phenoxy) is 1. The molecule has 7 N–H and O–H groups in total. The summed E-state index contributed by atoms with van der Waals surface area (Å²) in [6.45, 7) is 7.91. The maximum atomic E-state index is 13.7. The zero-order valence-electron chi connectivity index (χ0n) is 28.9. The van der Waals surface area contributed by atoms with E-state index in [-0.39, 0.29) is 37.2 Å². The van der Waals surface area contributed by atoms with Gasteiger partial charge in [0, 0.05) is 18.7 Å². The minimum Gasteiger partial charge on any atom is -0.445 e. The summed E-state index contributed by atoms with van der Waals surface area (Å²) in [5, 5.41) is 22.2. The molecule has 0 aromatic heterocycles. The van der Waals surface area contributed by atoms with Crippen LogP contribution in [0.3, 0.4) is 0 Å². The van der Waals surface area contributed by atoms with Gasteiger partial charge in [-0.1, -0.05) is 100 Å². The van der Waals surface area contributed by atoms with E-state index in [9.17, 15) is 24.3 Å². The van der Waals surface area contributed by atoms with E-state index in [0.29, 0.717) is 30.6 Å². The fraction of sp³-hybridized carbons (Fsp3) is 0.421. The highest BCUT2D eigenvalue weighted by Gasteiger charge is 2.32. The number of nitrogens with two attached hydrogens (primary N) is 1.